The van der Waals surface area contributed by atoms with E-state index in [4.69, 9.17) is 28.9 Å². The van der Waals surface area contributed by atoms with Crippen LogP contribution in [0.25, 0.3) is 22.4 Å². The largest absolute Gasteiger partial charge is 0.382 e. The molecule has 0 aliphatic carbocycles. The minimum atomic E-state index is -0.149. The third kappa shape index (κ3) is 2.41. The van der Waals surface area contributed by atoms with Crippen molar-refractivity contribution in [3.63, 3.8) is 0 Å². The number of nitrogen functional groups attached to an aromatic ring is 1. The molecule has 0 radical (unpaired) electrons. The zero-order valence-electron chi connectivity index (χ0n) is 10.7. The highest BCUT2D eigenvalue weighted by molar-refractivity contribution is 6.36. The maximum atomic E-state index is 12.0. The standard InChI is InChI=1S/C14H10Cl2N4O/c15-7-1-2-8(10(16)5-7)12-13(19-20-14(12)17)9-6-18-4-3-11(9)21/h1-6H,(H,18,21)(H3,17,19,20). The number of H-pyrrole nitrogens is 2. The van der Waals surface area contributed by atoms with Gasteiger partial charge >= 0.3 is 0 Å². The Hall–Kier alpha value is -2.24. The first-order chi connectivity index (χ1) is 10.1. The van der Waals surface area contributed by atoms with E-state index in [2.05, 4.69) is 15.2 Å². The molecule has 0 amide bonds. The van der Waals surface area contributed by atoms with Crippen LogP contribution in [0.15, 0.2) is 41.5 Å². The van der Waals surface area contributed by atoms with Gasteiger partial charge < -0.3 is 10.7 Å². The second-order valence-corrected chi connectivity index (χ2v) is 5.25. The van der Waals surface area contributed by atoms with Crippen molar-refractivity contribution in [2.45, 2.75) is 0 Å². The predicted molar refractivity (Wildman–Crippen MR) is 84.5 cm³/mol. The molecule has 21 heavy (non-hydrogen) atoms. The summed E-state index contributed by atoms with van der Waals surface area (Å²) < 4.78 is 0. The van der Waals surface area contributed by atoms with Crippen molar-refractivity contribution in [2.24, 2.45) is 0 Å². The molecule has 0 unspecified atom stereocenters. The molecule has 2 aromatic heterocycles. The van der Waals surface area contributed by atoms with E-state index < -0.39 is 0 Å². The fraction of sp³-hybridized carbons (Fsp3) is 0. The summed E-state index contributed by atoms with van der Waals surface area (Å²) in [5.74, 6) is 0.262. The molecule has 0 saturated carbocycles. The molecule has 0 spiro atoms. The Bertz CT molecular complexity index is 869. The highest BCUT2D eigenvalue weighted by Gasteiger charge is 2.18. The van der Waals surface area contributed by atoms with Gasteiger partial charge in [0.2, 0.25) is 0 Å². The van der Waals surface area contributed by atoms with Gasteiger partial charge in [0.15, 0.2) is 11.2 Å². The number of benzene rings is 1. The number of pyridine rings is 1. The molecule has 0 bridgehead atoms. The van der Waals surface area contributed by atoms with Gasteiger partial charge in [-0.15, -0.1) is 0 Å². The molecule has 0 saturated heterocycles. The van der Waals surface area contributed by atoms with Gasteiger partial charge in [0, 0.05) is 29.0 Å². The number of nitrogens with zero attached hydrogens (tertiary/aromatic N) is 1. The van der Waals surface area contributed by atoms with E-state index in [1.54, 1.807) is 30.6 Å². The monoisotopic (exact) mass is 320 g/mol. The average Bonchev–Trinajstić information content (AvgIpc) is 2.81. The molecule has 0 aliphatic heterocycles. The second kappa shape index (κ2) is 5.27. The Morgan fingerprint density at radius 3 is 2.67 bits per heavy atom. The molecule has 4 N–H and O–H groups in total. The normalized spacial score (nSPS) is 10.8. The van der Waals surface area contributed by atoms with Crippen LogP contribution in [-0.4, -0.2) is 15.2 Å². The lowest BCUT2D eigenvalue weighted by atomic mass is 10.0. The number of nitrogens with one attached hydrogen (secondary N) is 2. The van der Waals surface area contributed by atoms with Crippen LogP contribution in [0.5, 0.6) is 0 Å². The summed E-state index contributed by atoms with van der Waals surface area (Å²) in [4.78, 5) is 14.9. The van der Waals surface area contributed by atoms with Crippen LogP contribution < -0.4 is 11.2 Å². The Balaban J connectivity index is 2.28. The molecule has 0 atom stereocenters. The van der Waals surface area contributed by atoms with Crippen LogP contribution in [0.3, 0.4) is 0 Å². The van der Waals surface area contributed by atoms with Crippen LogP contribution in [0.1, 0.15) is 0 Å². The Morgan fingerprint density at radius 1 is 1.14 bits per heavy atom. The summed E-state index contributed by atoms with van der Waals surface area (Å²) in [6.07, 6.45) is 3.14. The van der Waals surface area contributed by atoms with Gasteiger partial charge in [-0.25, -0.2) is 0 Å². The van der Waals surface area contributed by atoms with Crippen LogP contribution in [0, 0.1) is 0 Å². The number of hydrogen-bond donors (Lipinski definition) is 3. The molecule has 3 aromatic rings. The molecule has 5 nitrogen and oxygen atoms in total. The summed E-state index contributed by atoms with van der Waals surface area (Å²) in [6, 6.07) is 6.49. The first kappa shape index (κ1) is 13.7. The summed E-state index contributed by atoms with van der Waals surface area (Å²) in [6.45, 7) is 0. The minimum absolute atomic E-state index is 0.149. The lowest BCUT2D eigenvalue weighted by molar-refractivity contribution is 1.10. The summed E-state index contributed by atoms with van der Waals surface area (Å²) in [7, 11) is 0. The zero-order chi connectivity index (χ0) is 15.0. The molecule has 7 heteroatoms. The van der Waals surface area contributed by atoms with Crippen LogP contribution in [0.2, 0.25) is 10.0 Å². The van der Waals surface area contributed by atoms with Gasteiger partial charge in [-0.05, 0) is 12.1 Å². The van der Waals surface area contributed by atoms with E-state index >= 15 is 0 Å². The van der Waals surface area contributed by atoms with E-state index in [1.165, 1.54) is 6.07 Å². The van der Waals surface area contributed by atoms with E-state index in [0.29, 0.717) is 32.4 Å². The highest BCUT2D eigenvalue weighted by atomic mass is 35.5. The first-order valence-corrected chi connectivity index (χ1v) is 6.80. The molecular weight excluding hydrogens is 311 g/mol. The number of halogens is 2. The third-order valence-electron chi connectivity index (χ3n) is 3.09. The van der Waals surface area contributed by atoms with Crippen molar-refractivity contribution in [1.29, 1.82) is 0 Å². The van der Waals surface area contributed by atoms with Gasteiger partial charge in [0.25, 0.3) is 0 Å². The number of aromatic amines is 2. The second-order valence-electron chi connectivity index (χ2n) is 4.41. The lowest BCUT2D eigenvalue weighted by Gasteiger charge is -2.07. The smallest absolute Gasteiger partial charge is 0.190 e. The van der Waals surface area contributed by atoms with Crippen molar-refractivity contribution in [1.82, 2.24) is 15.2 Å². The Kier molecular flexibility index (Phi) is 3.45. The third-order valence-corrected chi connectivity index (χ3v) is 3.64. The summed E-state index contributed by atoms with van der Waals surface area (Å²) >= 11 is 12.1. The Morgan fingerprint density at radius 2 is 1.95 bits per heavy atom. The number of aromatic nitrogens is 3. The zero-order valence-corrected chi connectivity index (χ0v) is 12.2. The van der Waals surface area contributed by atoms with E-state index in [0.717, 1.165) is 0 Å². The van der Waals surface area contributed by atoms with Crippen molar-refractivity contribution in [3.05, 3.63) is 56.9 Å². The number of rotatable bonds is 2. The molecular formula is C14H10Cl2N4O. The van der Waals surface area contributed by atoms with Crippen LogP contribution >= 0.6 is 23.2 Å². The topological polar surface area (TPSA) is 87.6 Å². The van der Waals surface area contributed by atoms with E-state index in [-0.39, 0.29) is 11.2 Å². The van der Waals surface area contributed by atoms with Gasteiger partial charge in [0.05, 0.1) is 21.8 Å². The minimum Gasteiger partial charge on any atom is -0.382 e. The van der Waals surface area contributed by atoms with E-state index in [9.17, 15) is 4.79 Å². The average molecular weight is 321 g/mol. The summed E-state index contributed by atoms with van der Waals surface area (Å²) in [5, 5.41) is 7.72. The molecule has 1 aromatic carbocycles. The quantitative estimate of drug-likeness (QED) is 0.676. The number of hydrogen-bond acceptors (Lipinski definition) is 3. The van der Waals surface area contributed by atoms with Crippen LogP contribution in [-0.2, 0) is 0 Å². The first-order valence-electron chi connectivity index (χ1n) is 6.04. The van der Waals surface area contributed by atoms with Crippen molar-refractivity contribution < 1.29 is 0 Å². The maximum absolute atomic E-state index is 12.0. The predicted octanol–water partition coefficient (Wildman–Crippen LogP) is 3.32. The summed E-state index contributed by atoms with van der Waals surface area (Å²) in [5.41, 5.74) is 7.95. The van der Waals surface area contributed by atoms with E-state index in [1.807, 2.05) is 0 Å². The maximum Gasteiger partial charge on any atom is 0.190 e. The number of anilines is 1. The SMILES string of the molecule is Nc1n[nH]c(-c2c[nH]ccc2=O)c1-c1ccc(Cl)cc1Cl. The van der Waals surface area contributed by atoms with Gasteiger partial charge in [-0.3, -0.25) is 9.89 Å². The van der Waals surface area contributed by atoms with Crippen molar-refractivity contribution >= 4 is 29.0 Å². The molecule has 2 heterocycles. The van der Waals surface area contributed by atoms with Gasteiger partial charge in [-0.1, -0.05) is 29.3 Å². The molecule has 0 aliphatic rings. The molecule has 106 valence electrons. The lowest BCUT2D eigenvalue weighted by Crippen LogP contribution is -2.03. The van der Waals surface area contributed by atoms with Crippen LogP contribution in [0.4, 0.5) is 5.82 Å². The Labute approximate surface area is 129 Å². The highest BCUT2D eigenvalue weighted by Crippen LogP contribution is 2.38. The fourth-order valence-electron chi connectivity index (χ4n) is 2.13. The van der Waals surface area contributed by atoms with Gasteiger partial charge in [-0.2, -0.15) is 5.10 Å². The number of nitrogens with two attached hydrogens (primary N) is 1. The van der Waals surface area contributed by atoms with Crippen molar-refractivity contribution in [2.75, 3.05) is 5.73 Å². The molecule has 3 rings (SSSR count). The molecule has 0 fully saturated rings. The van der Waals surface area contributed by atoms with Gasteiger partial charge in [0.1, 0.15) is 0 Å². The fourth-order valence-corrected chi connectivity index (χ4v) is 2.63. The van der Waals surface area contributed by atoms with Crippen molar-refractivity contribution in [3.8, 4) is 22.4 Å².